The number of nitrogens with zero attached hydrogens (tertiary/aromatic N) is 2. The molecular weight excluding hydrogens is 534 g/mol. The van der Waals surface area contributed by atoms with Crippen molar-refractivity contribution in [3.05, 3.63) is 179 Å². The molecule has 0 spiro atoms. The van der Waals surface area contributed by atoms with E-state index in [4.69, 9.17) is 5.73 Å². The third kappa shape index (κ3) is 5.99. The van der Waals surface area contributed by atoms with Crippen LogP contribution >= 0.6 is 0 Å². The molecule has 0 aromatic heterocycles. The molecule has 3 aromatic rings. The molecule has 0 atom stereocenters. The molecule has 2 N–H and O–H groups in total. The van der Waals surface area contributed by atoms with Crippen LogP contribution in [0, 0.1) is 6.92 Å². The predicted molar refractivity (Wildman–Crippen MR) is 191 cm³/mol. The monoisotopic (exact) mass is 572 g/mol. The summed E-state index contributed by atoms with van der Waals surface area (Å²) in [7, 11) is 0. The van der Waals surface area contributed by atoms with Gasteiger partial charge in [0.2, 0.25) is 11.4 Å². The van der Waals surface area contributed by atoms with Crippen molar-refractivity contribution < 1.29 is 4.58 Å². The van der Waals surface area contributed by atoms with Crippen LogP contribution in [0.15, 0.2) is 157 Å². The van der Waals surface area contributed by atoms with Gasteiger partial charge >= 0.3 is 0 Å². The van der Waals surface area contributed by atoms with Gasteiger partial charge in [-0.1, -0.05) is 80.4 Å². The number of hydrogen-bond donors (Lipinski definition) is 1. The molecule has 2 heterocycles. The third-order valence-corrected chi connectivity index (χ3v) is 8.15. The minimum absolute atomic E-state index is 0.871. The Labute approximate surface area is 261 Å². The summed E-state index contributed by atoms with van der Waals surface area (Å²) >= 11 is 0. The maximum atomic E-state index is 5.61. The highest BCUT2D eigenvalue weighted by Crippen LogP contribution is 2.39. The van der Waals surface area contributed by atoms with E-state index in [1.54, 1.807) is 0 Å². The van der Waals surface area contributed by atoms with Gasteiger partial charge in [0, 0.05) is 35.1 Å². The summed E-state index contributed by atoms with van der Waals surface area (Å²) in [6.07, 6.45) is 19.6. The molecule has 3 nitrogen and oxygen atoms in total. The zero-order chi connectivity index (χ0) is 31.2. The Morgan fingerprint density at radius 3 is 2.34 bits per heavy atom. The van der Waals surface area contributed by atoms with E-state index in [2.05, 4.69) is 129 Å². The summed E-state index contributed by atoms with van der Waals surface area (Å²) in [6, 6.07) is 23.3. The van der Waals surface area contributed by atoms with Gasteiger partial charge in [-0.15, -0.1) is 0 Å². The number of aliphatic imine (C=N–C) groups is 1. The quantitative estimate of drug-likeness (QED) is 0.191. The molecule has 0 saturated carbocycles. The SMILES string of the molecule is C=C/C(=C\C1=C(C)C(C)=C(c2ccc(-c3cccc(C(=C)/C=C\N)c3)cc2C=C)[N+]1=C/C=C\c1ccccc1C)C1=NC=C1. The Morgan fingerprint density at radius 1 is 0.886 bits per heavy atom. The summed E-state index contributed by atoms with van der Waals surface area (Å²) in [6.45, 7) is 18.9. The normalized spacial score (nSPS) is 15.8. The van der Waals surface area contributed by atoms with E-state index in [-0.39, 0.29) is 0 Å². The minimum atomic E-state index is 0.871. The van der Waals surface area contributed by atoms with Gasteiger partial charge in [-0.25, -0.2) is 0 Å². The van der Waals surface area contributed by atoms with Crippen LogP contribution in [-0.2, 0) is 0 Å². The second-order valence-electron chi connectivity index (χ2n) is 10.8. The largest absolute Gasteiger partial charge is 0.405 e. The van der Waals surface area contributed by atoms with Crippen LogP contribution < -0.4 is 5.73 Å². The second-order valence-corrected chi connectivity index (χ2v) is 10.8. The van der Waals surface area contributed by atoms with Crippen molar-refractivity contribution >= 4 is 35.3 Å². The van der Waals surface area contributed by atoms with E-state index in [1.807, 2.05) is 42.6 Å². The third-order valence-electron chi connectivity index (χ3n) is 8.15. The average molecular weight is 573 g/mol. The molecule has 0 aliphatic carbocycles. The lowest BCUT2D eigenvalue weighted by Gasteiger charge is -2.12. The molecule has 2 aliphatic rings. The fourth-order valence-corrected chi connectivity index (χ4v) is 5.46. The maximum Gasteiger partial charge on any atom is 0.222 e. The van der Waals surface area contributed by atoms with E-state index in [9.17, 15) is 0 Å². The van der Waals surface area contributed by atoms with Crippen molar-refractivity contribution in [1.29, 1.82) is 0 Å². The number of allylic oxidation sites excluding steroid dienone is 9. The molecule has 0 bridgehead atoms. The Morgan fingerprint density at radius 2 is 1.66 bits per heavy atom. The van der Waals surface area contributed by atoms with Crippen molar-refractivity contribution in [2.45, 2.75) is 20.8 Å². The van der Waals surface area contributed by atoms with E-state index >= 15 is 0 Å². The molecule has 0 radical (unpaired) electrons. The first-order chi connectivity index (χ1) is 21.4. The van der Waals surface area contributed by atoms with Crippen LogP contribution in [0.25, 0.3) is 34.5 Å². The Kier molecular flexibility index (Phi) is 8.97. The van der Waals surface area contributed by atoms with E-state index < -0.39 is 0 Å². The summed E-state index contributed by atoms with van der Waals surface area (Å²) in [5.74, 6) is 0. The molecule has 2 aliphatic heterocycles. The summed E-state index contributed by atoms with van der Waals surface area (Å²) in [5.41, 5.74) is 20.8. The molecule has 216 valence electrons. The molecule has 0 amide bonds. The molecule has 0 saturated heterocycles. The smallest absolute Gasteiger partial charge is 0.222 e. The van der Waals surface area contributed by atoms with Crippen LogP contribution in [-0.4, -0.2) is 16.5 Å². The number of rotatable bonds is 10. The van der Waals surface area contributed by atoms with Crippen molar-refractivity contribution in [2.24, 2.45) is 10.7 Å². The van der Waals surface area contributed by atoms with E-state index in [0.717, 1.165) is 56.1 Å². The van der Waals surface area contributed by atoms with Crippen molar-refractivity contribution in [1.82, 2.24) is 0 Å². The molecule has 44 heavy (non-hydrogen) atoms. The average Bonchev–Trinajstić information content (AvgIpc) is 3.24. The van der Waals surface area contributed by atoms with Gasteiger partial charge in [-0.3, -0.25) is 4.99 Å². The van der Waals surface area contributed by atoms with Gasteiger partial charge in [-0.05, 0) is 102 Å². The van der Waals surface area contributed by atoms with Crippen molar-refractivity contribution in [3.63, 3.8) is 0 Å². The minimum Gasteiger partial charge on any atom is -0.405 e. The number of benzene rings is 3. The van der Waals surface area contributed by atoms with Crippen LogP contribution in [0.3, 0.4) is 0 Å². The van der Waals surface area contributed by atoms with Gasteiger partial charge < -0.3 is 5.73 Å². The molecule has 3 aromatic carbocycles. The molecule has 3 heteroatoms. The first-order valence-electron chi connectivity index (χ1n) is 14.7. The highest BCUT2D eigenvalue weighted by atomic mass is 15.0. The lowest BCUT2D eigenvalue weighted by molar-refractivity contribution is -0.358. The molecular formula is C41H38N3+. The van der Waals surface area contributed by atoms with Crippen LogP contribution in [0.2, 0.25) is 0 Å². The summed E-state index contributed by atoms with van der Waals surface area (Å²) in [5, 5.41) is 0. The zero-order valence-electron chi connectivity index (χ0n) is 25.7. The van der Waals surface area contributed by atoms with Crippen LogP contribution in [0.1, 0.15) is 41.7 Å². The van der Waals surface area contributed by atoms with Gasteiger partial charge in [0.15, 0.2) is 6.21 Å². The highest BCUT2D eigenvalue weighted by molar-refractivity contribution is 6.13. The van der Waals surface area contributed by atoms with Crippen LogP contribution in [0.4, 0.5) is 0 Å². The van der Waals surface area contributed by atoms with Gasteiger partial charge in [0.25, 0.3) is 0 Å². The topological polar surface area (TPSA) is 41.4 Å². The van der Waals surface area contributed by atoms with Gasteiger partial charge in [0.1, 0.15) is 0 Å². The van der Waals surface area contributed by atoms with Gasteiger partial charge in [0.05, 0.1) is 11.3 Å². The fourth-order valence-electron chi connectivity index (χ4n) is 5.46. The first kappa shape index (κ1) is 29.9. The Hall–Kier alpha value is -5.54. The second kappa shape index (κ2) is 13.2. The maximum absolute atomic E-state index is 5.61. The van der Waals surface area contributed by atoms with Crippen molar-refractivity contribution in [3.8, 4) is 11.1 Å². The van der Waals surface area contributed by atoms with Crippen LogP contribution in [0.5, 0.6) is 0 Å². The molecule has 0 fully saturated rings. The Bertz CT molecular complexity index is 1930. The van der Waals surface area contributed by atoms with E-state index in [0.29, 0.717) is 0 Å². The molecule has 5 rings (SSSR count). The number of nitrogens with two attached hydrogens (primary N) is 1. The standard InChI is InChI=1S/C41H38N3/c1-7-32-25-37(36-16-11-15-35(26-36)29(4)20-22-42)18-19-38(32)41-31(6)30(5)40(27-33(8-2)39-21-23-43-39)44(41)24-12-17-34-14-10-9-13-28(34)3/h7-27H,1-2,4,42H2,3,5-6H3/q+1/b17-12-,22-20-,33-27+,44-24?. The summed E-state index contributed by atoms with van der Waals surface area (Å²) < 4.78 is 2.28. The summed E-state index contributed by atoms with van der Waals surface area (Å²) in [4.78, 5) is 4.42. The van der Waals surface area contributed by atoms with Gasteiger partial charge in [-0.2, -0.15) is 4.58 Å². The fraction of sp³-hybridized carbons (Fsp3) is 0.0732. The first-order valence-corrected chi connectivity index (χ1v) is 14.7. The number of aryl methyl sites for hydroxylation is 1. The van der Waals surface area contributed by atoms with E-state index in [1.165, 1.54) is 28.5 Å². The number of hydrogen-bond acceptors (Lipinski definition) is 2. The lowest BCUT2D eigenvalue weighted by atomic mass is 9.94. The Balaban J connectivity index is 1.61. The zero-order valence-corrected chi connectivity index (χ0v) is 25.7. The highest BCUT2D eigenvalue weighted by Gasteiger charge is 2.34. The van der Waals surface area contributed by atoms with Crippen molar-refractivity contribution in [2.75, 3.05) is 0 Å². The predicted octanol–water partition coefficient (Wildman–Crippen LogP) is 9.69. The lowest BCUT2D eigenvalue weighted by Crippen LogP contribution is -2.10. The molecule has 0 unspecified atom stereocenters.